The van der Waals surface area contributed by atoms with Crippen LogP contribution < -0.4 is 5.73 Å². The van der Waals surface area contributed by atoms with Crippen LogP contribution in [0.25, 0.3) is 0 Å². The van der Waals surface area contributed by atoms with Gasteiger partial charge in [-0.2, -0.15) is 5.10 Å². The minimum Gasteiger partial charge on any atom is -0.444 e. The van der Waals surface area contributed by atoms with Crippen LogP contribution in [0.3, 0.4) is 0 Å². The van der Waals surface area contributed by atoms with Crippen molar-refractivity contribution in [3.63, 3.8) is 0 Å². The lowest BCUT2D eigenvalue weighted by atomic mass is 10.2. The first-order valence-corrected chi connectivity index (χ1v) is 6.53. The second-order valence-corrected chi connectivity index (χ2v) is 6.04. The van der Waals surface area contributed by atoms with E-state index < -0.39 is 11.5 Å². The molecule has 1 aliphatic heterocycles. The molecule has 0 spiro atoms. The van der Waals surface area contributed by atoms with Gasteiger partial charge in [-0.05, 0) is 33.8 Å². The molecule has 7 nitrogen and oxygen atoms in total. The number of hydrogen-bond acceptors (Lipinski definition) is 4. The van der Waals surface area contributed by atoms with E-state index >= 15 is 0 Å². The molecule has 2 rings (SSSR count). The Morgan fingerprint density at radius 2 is 2.10 bits per heavy atom. The van der Waals surface area contributed by atoms with Gasteiger partial charge < -0.3 is 15.4 Å². The molecular formula is C13H20N4O3. The summed E-state index contributed by atoms with van der Waals surface area (Å²) in [5, 5.41) is 4.16. The van der Waals surface area contributed by atoms with Crippen molar-refractivity contribution in [2.75, 3.05) is 6.54 Å². The zero-order valence-electron chi connectivity index (χ0n) is 12.2. The lowest BCUT2D eigenvalue weighted by Gasteiger charge is -2.33. The van der Waals surface area contributed by atoms with Gasteiger partial charge in [0.2, 0.25) is 0 Å². The molecule has 2 heterocycles. The van der Waals surface area contributed by atoms with Gasteiger partial charge >= 0.3 is 6.09 Å². The Hall–Kier alpha value is -2.05. The van der Waals surface area contributed by atoms with Crippen LogP contribution in [-0.4, -0.2) is 38.8 Å². The van der Waals surface area contributed by atoms with E-state index in [1.807, 2.05) is 27.7 Å². The molecule has 0 bridgehead atoms. The van der Waals surface area contributed by atoms with Gasteiger partial charge in [-0.1, -0.05) is 0 Å². The predicted molar refractivity (Wildman–Crippen MR) is 72.1 cm³/mol. The van der Waals surface area contributed by atoms with E-state index in [2.05, 4.69) is 5.10 Å². The van der Waals surface area contributed by atoms with Gasteiger partial charge in [0.05, 0.1) is 18.3 Å². The Bertz CT molecular complexity index is 544. The zero-order chi connectivity index (χ0) is 15.1. The number of ether oxygens (including phenoxy) is 1. The summed E-state index contributed by atoms with van der Waals surface area (Å²) >= 11 is 0. The molecule has 1 aliphatic rings. The van der Waals surface area contributed by atoms with Gasteiger partial charge in [-0.15, -0.1) is 0 Å². The topological polar surface area (TPSA) is 90.4 Å². The van der Waals surface area contributed by atoms with Gasteiger partial charge in [0.15, 0.2) is 0 Å². The number of nitrogens with two attached hydrogens (primary N) is 1. The van der Waals surface area contributed by atoms with Gasteiger partial charge in [-0.3, -0.25) is 9.48 Å². The highest BCUT2D eigenvalue weighted by atomic mass is 16.6. The van der Waals surface area contributed by atoms with E-state index in [4.69, 9.17) is 10.5 Å². The molecule has 0 aliphatic carbocycles. The minimum atomic E-state index is -0.567. The van der Waals surface area contributed by atoms with E-state index in [-0.39, 0.29) is 17.8 Å². The van der Waals surface area contributed by atoms with Crippen LogP contribution >= 0.6 is 0 Å². The first kappa shape index (κ1) is 14.4. The van der Waals surface area contributed by atoms with Crippen molar-refractivity contribution in [1.82, 2.24) is 14.7 Å². The van der Waals surface area contributed by atoms with E-state index in [1.54, 1.807) is 15.6 Å². The summed E-state index contributed by atoms with van der Waals surface area (Å²) in [7, 11) is 0. The van der Waals surface area contributed by atoms with E-state index in [0.29, 0.717) is 13.1 Å². The third-order valence-corrected chi connectivity index (χ3v) is 2.97. The average Bonchev–Trinajstić information content (AvgIpc) is 2.71. The summed E-state index contributed by atoms with van der Waals surface area (Å²) in [5.74, 6) is -0.567. The van der Waals surface area contributed by atoms with E-state index in [9.17, 15) is 9.59 Å². The maximum absolute atomic E-state index is 12.1. The molecular weight excluding hydrogens is 260 g/mol. The lowest BCUT2D eigenvalue weighted by Crippen LogP contribution is -2.43. The summed E-state index contributed by atoms with van der Waals surface area (Å²) in [4.78, 5) is 24.9. The van der Waals surface area contributed by atoms with Crippen molar-refractivity contribution in [3.05, 3.63) is 17.5 Å². The molecule has 1 aromatic heterocycles. The minimum absolute atomic E-state index is 0.0284. The molecule has 110 valence electrons. The fourth-order valence-electron chi connectivity index (χ4n) is 2.18. The monoisotopic (exact) mass is 280 g/mol. The van der Waals surface area contributed by atoms with Gasteiger partial charge in [0.1, 0.15) is 11.3 Å². The maximum Gasteiger partial charge on any atom is 0.410 e. The average molecular weight is 280 g/mol. The smallest absolute Gasteiger partial charge is 0.410 e. The second kappa shape index (κ2) is 4.81. The Balaban J connectivity index is 2.18. The fourth-order valence-corrected chi connectivity index (χ4v) is 2.18. The van der Waals surface area contributed by atoms with E-state index in [0.717, 1.165) is 5.69 Å². The van der Waals surface area contributed by atoms with Crippen molar-refractivity contribution < 1.29 is 14.3 Å². The number of fused-ring (bicyclic) bond motifs is 1. The molecule has 0 aromatic carbocycles. The highest BCUT2D eigenvalue weighted by Crippen LogP contribution is 2.23. The summed E-state index contributed by atoms with van der Waals surface area (Å²) in [6.07, 6.45) is -0.363. The van der Waals surface area contributed by atoms with Gasteiger partial charge in [0.25, 0.3) is 5.91 Å². The van der Waals surface area contributed by atoms with Crippen molar-refractivity contribution in [2.24, 2.45) is 5.73 Å². The summed E-state index contributed by atoms with van der Waals surface area (Å²) in [6.45, 7) is 8.26. The largest absolute Gasteiger partial charge is 0.444 e. The zero-order valence-corrected chi connectivity index (χ0v) is 12.2. The summed E-state index contributed by atoms with van der Waals surface area (Å²) in [5.41, 5.74) is 5.70. The normalized spacial score (nSPS) is 18.6. The third kappa shape index (κ3) is 2.92. The number of carbonyl (C=O) groups is 2. The molecule has 2 N–H and O–H groups in total. The van der Waals surface area contributed by atoms with Crippen LogP contribution in [0, 0.1) is 0 Å². The van der Waals surface area contributed by atoms with Crippen molar-refractivity contribution in [1.29, 1.82) is 0 Å². The molecule has 0 saturated carbocycles. The first-order chi connectivity index (χ1) is 9.17. The number of nitrogens with zero attached hydrogens (tertiary/aromatic N) is 3. The molecule has 0 radical (unpaired) electrons. The molecule has 0 saturated heterocycles. The number of amides is 2. The van der Waals surface area contributed by atoms with Crippen molar-refractivity contribution in [2.45, 2.75) is 45.9 Å². The quantitative estimate of drug-likeness (QED) is 0.839. The number of carbonyl (C=O) groups excluding carboxylic acids is 2. The Kier molecular flexibility index (Phi) is 3.45. The van der Waals surface area contributed by atoms with Crippen LogP contribution in [0.15, 0.2) is 6.07 Å². The molecule has 7 heteroatoms. The standard InChI is InChI=1S/C13H20N4O3/c1-8-6-16(12(19)20-13(2,3)4)7-9-5-10(11(14)18)15-17(8)9/h5,8H,6-7H2,1-4H3,(H2,14,18)/t8-/m1/s1. The predicted octanol–water partition coefficient (Wildman–Crippen LogP) is 1.29. The fraction of sp³-hybridized carbons (Fsp3) is 0.615. The molecule has 1 atom stereocenters. The maximum atomic E-state index is 12.1. The number of hydrogen-bond donors (Lipinski definition) is 1. The van der Waals surface area contributed by atoms with Crippen LogP contribution in [-0.2, 0) is 11.3 Å². The summed E-state index contributed by atoms with van der Waals surface area (Å²) in [6, 6.07) is 1.59. The van der Waals surface area contributed by atoms with Crippen LogP contribution in [0.4, 0.5) is 4.79 Å². The Morgan fingerprint density at radius 3 is 2.65 bits per heavy atom. The molecule has 20 heavy (non-hydrogen) atoms. The SMILES string of the molecule is C[C@@H]1CN(C(=O)OC(C)(C)C)Cc2cc(C(N)=O)nn21. The van der Waals surface area contributed by atoms with Gasteiger partial charge in [-0.25, -0.2) is 4.79 Å². The highest BCUT2D eigenvalue weighted by molar-refractivity contribution is 5.90. The number of primary amides is 1. The number of rotatable bonds is 1. The lowest BCUT2D eigenvalue weighted by molar-refractivity contribution is 0.0166. The Labute approximate surface area is 117 Å². The molecule has 1 aromatic rings. The molecule has 0 unspecified atom stereocenters. The van der Waals surface area contributed by atoms with Crippen LogP contribution in [0.1, 0.15) is 49.9 Å². The molecule has 0 fully saturated rings. The van der Waals surface area contributed by atoms with E-state index in [1.165, 1.54) is 0 Å². The highest BCUT2D eigenvalue weighted by Gasteiger charge is 2.30. The van der Waals surface area contributed by atoms with Crippen LogP contribution in [0.5, 0.6) is 0 Å². The second-order valence-electron chi connectivity index (χ2n) is 6.04. The third-order valence-electron chi connectivity index (χ3n) is 2.97. The Morgan fingerprint density at radius 1 is 1.45 bits per heavy atom. The van der Waals surface area contributed by atoms with Crippen molar-refractivity contribution in [3.8, 4) is 0 Å². The number of aromatic nitrogens is 2. The molecule has 2 amide bonds. The van der Waals surface area contributed by atoms with Crippen molar-refractivity contribution >= 4 is 12.0 Å². The summed E-state index contributed by atoms with van der Waals surface area (Å²) < 4.78 is 7.10. The van der Waals surface area contributed by atoms with Crippen LogP contribution in [0.2, 0.25) is 0 Å². The first-order valence-electron chi connectivity index (χ1n) is 6.53. The van der Waals surface area contributed by atoms with Gasteiger partial charge in [0, 0.05) is 6.54 Å².